The molecule has 1 N–H and O–H groups in total. The minimum absolute atomic E-state index is 0.129. The molecular formula is C17H13ClFN3OS. The molecule has 1 aliphatic rings. The molecule has 0 aromatic heterocycles. The number of hydrogen-bond acceptors (Lipinski definition) is 4. The summed E-state index contributed by atoms with van der Waals surface area (Å²) in [5, 5.41) is 11.4. The van der Waals surface area contributed by atoms with Crippen LogP contribution in [0.2, 0.25) is 5.02 Å². The molecule has 0 unspecified atom stereocenters. The van der Waals surface area contributed by atoms with Crippen molar-refractivity contribution in [1.29, 1.82) is 0 Å². The molecule has 1 aliphatic heterocycles. The van der Waals surface area contributed by atoms with Crippen LogP contribution >= 0.6 is 23.4 Å². The summed E-state index contributed by atoms with van der Waals surface area (Å²) >= 11 is 7.33. The van der Waals surface area contributed by atoms with Crippen molar-refractivity contribution in [2.45, 2.75) is 11.7 Å². The lowest BCUT2D eigenvalue weighted by Gasteiger charge is -2.04. The summed E-state index contributed by atoms with van der Waals surface area (Å²) in [6.07, 6.45) is 2.04. The summed E-state index contributed by atoms with van der Waals surface area (Å²) in [6, 6.07) is 13.4. The molecule has 24 heavy (non-hydrogen) atoms. The van der Waals surface area contributed by atoms with Gasteiger partial charge in [-0.05, 0) is 30.2 Å². The second-order valence-electron chi connectivity index (χ2n) is 5.10. The number of amides is 1. The average Bonchev–Trinajstić information content (AvgIpc) is 2.91. The zero-order chi connectivity index (χ0) is 16.9. The average molecular weight is 362 g/mol. The largest absolute Gasteiger partial charge is 0.303 e. The van der Waals surface area contributed by atoms with E-state index in [9.17, 15) is 9.18 Å². The smallest absolute Gasteiger partial charge is 0.239 e. The summed E-state index contributed by atoms with van der Waals surface area (Å²) in [7, 11) is 0. The Hall–Kier alpha value is -2.18. The van der Waals surface area contributed by atoms with Gasteiger partial charge in [0.2, 0.25) is 5.91 Å². The van der Waals surface area contributed by atoms with Gasteiger partial charge in [-0.2, -0.15) is 5.10 Å². The molecule has 1 heterocycles. The third-order valence-electron chi connectivity index (χ3n) is 3.36. The summed E-state index contributed by atoms with van der Waals surface area (Å²) in [5.41, 5.74) is 1.64. The molecule has 122 valence electrons. The van der Waals surface area contributed by atoms with E-state index >= 15 is 0 Å². The normalized spacial score (nSPS) is 19.2. The molecule has 1 atom stereocenters. The van der Waals surface area contributed by atoms with Crippen molar-refractivity contribution in [3.63, 3.8) is 0 Å². The first kappa shape index (κ1) is 16.7. The van der Waals surface area contributed by atoms with Crippen molar-refractivity contribution < 1.29 is 9.18 Å². The van der Waals surface area contributed by atoms with Crippen LogP contribution in [-0.2, 0) is 11.2 Å². The van der Waals surface area contributed by atoms with Crippen molar-refractivity contribution in [3.05, 3.63) is 70.5 Å². The molecule has 2 aromatic rings. The Morgan fingerprint density at radius 2 is 1.96 bits per heavy atom. The fourth-order valence-corrected chi connectivity index (χ4v) is 3.29. The van der Waals surface area contributed by atoms with Crippen LogP contribution in [0.15, 0.2) is 58.7 Å². The number of carbonyl (C=O) groups is 1. The highest BCUT2D eigenvalue weighted by molar-refractivity contribution is 8.15. The molecule has 0 saturated carbocycles. The van der Waals surface area contributed by atoms with Crippen molar-refractivity contribution in [2.24, 2.45) is 10.2 Å². The van der Waals surface area contributed by atoms with E-state index in [4.69, 9.17) is 11.6 Å². The van der Waals surface area contributed by atoms with Crippen molar-refractivity contribution in [3.8, 4) is 0 Å². The van der Waals surface area contributed by atoms with E-state index < -0.39 is 0 Å². The third-order valence-corrected chi connectivity index (χ3v) is 4.78. The highest BCUT2D eigenvalue weighted by Crippen LogP contribution is 2.23. The number of amidine groups is 1. The van der Waals surface area contributed by atoms with Gasteiger partial charge in [-0.15, -0.1) is 5.10 Å². The van der Waals surface area contributed by atoms with E-state index in [0.29, 0.717) is 16.6 Å². The monoisotopic (exact) mass is 361 g/mol. The molecule has 1 saturated heterocycles. The van der Waals surface area contributed by atoms with Crippen molar-refractivity contribution in [1.82, 2.24) is 5.32 Å². The summed E-state index contributed by atoms with van der Waals surface area (Å²) in [4.78, 5) is 12.0. The van der Waals surface area contributed by atoms with Gasteiger partial charge in [0.1, 0.15) is 5.82 Å². The fraction of sp³-hybridized carbons (Fsp3) is 0.118. The van der Waals surface area contributed by atoms with Crippen LogP contribution in [0.5, 0.6) is 0 Å². The molecule has 0 bridgehead atoms. The molecule has 1 fully saturated rings. The number of carbonyl (C=O) groups excluding carboxylic acids is 1. The minimum atomic E-state index is -0.301. The highest BCUT2D eigenvalue weighted by Gasteiger charge is 2.30. The summed E-state index contributed by atoms with van der Waals surface area (Å²) in [5.74, 6) is -0.422. The van der Waals surface area contributed by atoms with E-state index in [1.807, 2.05) is 18.2 Å². The molecular weight excluding hydrogens is 349 g/mol. The first-order valence-electron chi connectivity index (χ1n) is 7.19. The molecule has 2 aromatic carbocycles. The molecule has 0 aliphatic carbocycles. The van der Waals surface area contributed by atoms with Crippen LogP contribution in [-0.4, -0.2) is 22.5 Å². The van der Waals surface area contributed by atoms with E-state index in [0.717, 1.165) is 11.1 Å². The Labute approximate surface area is 147 Å². The Morgan fingerprint density at radius 1 is 1.21 bits per heavy atom. The Morgan fingerprint density at radius 3 is 2.71 bits per heavy atom. The highest BCUT2D eigenvalue weighted by atomic mass is 35.5. The maximum absolute atomic E-state index is 12.9. The molecule has 4 nitrogen and oxygen atoms in total. The second-order valence-corrected chi connectivity index (χ2v) is 6.70. The summed E-state index contributed by atoms with van der Waals surface area (Å²) < 4.78 is 12.9. The standard InChI is InChI=1S/C17H13ClFN3OS/c18-14-4-2-1-3-12(14)10-20-22-17-21-16(23)15(24-17)9-11-5-7-13(19)8-6-11/h1-8,10,15H,9H2,(H,21,22,23)/b20-10-/t15-/m1/s1. The Kier molecular flexibility index (Phi) is 5.27. The van der Waals surface area contributed by atoms with Gasteiger partial charge in [-0.3, -0.25) is 4.79 Å². The number of nitrogens with one attached hydrogen (secondary N) is 1. The zero-order valence-electron chi connectivity index (χ0n) is 12.4. The van der Waals surface area contributed by atoms with Gasteiger partial charge < -0.3 is 5.32 Å². The first-order valence-corrected chi connectivity index (χ1v) is 8.45. The molecule has 3 rings (SSSR count). The summed E-state index contributed by atoms with van der Waals surface area (Å²) in [6.45, 7) is 0. The van der Waals surface area contributed by atoms with E-state index in [1.54, 1.807) is 18.2 Å². The van der Waals surface area contributed by atoms with Gasteiger partial charge in [0.05, 0.1) is 11.5 Å². The van der Waals surface area contributed by atoms with E-state index in [2.05, 4.69) is 15.5 Å². The lowest BCUT2D eigenvalue weighted by atomic mass is 10.1. The lowest BCUT2D eigenvalue weighted by molar-refractivity contribution is -0.118. The van der Waals surface area contributed by atoms with E-state index in [1.165, 1.54) is 30.1 Å². The van der Waals surface area contributed by atoms with Crippen LogP contribution < -0.4 is 5.32 Å². The lowest BCUT2D eigenvalue weighted by Crippen LogP contribution is -2.25. The number of hydrogen-bond donors (Lipinski definition) is 1. The first-order chi connectivity index (χ1) is 11.6. The SMILES string of the molecule is O=C1N/C(=N\N=C/c2ccccc2Cl)S[C@@H]1Cc1ccc(F)cc1. The quantitative estimate of drug-likeness (QED) is 0.667. The zero-order valence-corrected chi connectivity index (χ0v) is 14.0. The molecule has 0 spiro atoms. The van der Waals surface area contributed by atoms with Crippen molar-refractivity contribution >= 4 is 40.7 Å². The number of halogens is 2. The minimum Gasteiger partial charge on any atom is -0.303 e. The van der Waals surface area contributed by atoms with E-state index in [-0.39, 0.29) is 17.0 Å². The van der Waals surface area contributed by atoms with Crippen LogP contribution in [0.4, 0.5) is 4.39 Å². The number of thioether (sulfide) groups is 1. The van der Waals surface area contributed by atoms with Gasteiger partial charge in [-0.25, -0.2) is 4.39 Å². The molecule has 1 amide bonds. The van der Waals surface area contributed by atoms with Gasteiger partial charge in [-0.1, -0.05) is 53.7 Å². The number of rotatable bonds is 4. The van der Waals surface area contributed by atoms with Crippen LogP contribution in [0, 0.1) is 5.82 Å². The maximum atomic E-state index is 12.9. The van der Waals surface area contributed by atoms with Crippen molar-refractivity contribution in [2.75, 3.05) is 0 Å². The third kappa shape index (κ3) is 4.21. The number of nitrogens with zero attached hydrogens (tertiary/aromatic N) is 2. The maximum Gasteiger partial charge on any atom is 0.239 e. The van der Waals surface area contributed by atoms with Gasteiger partial charge in [0.25, 0.3) is 0 Å². The van der Waals surface area contributed by atoms with Crippen LogP contribution in [0.3, 0.4) is 0 Å². The molecule has 7 heteroatoms. The van der Waals surface area contributed by atoms with Crippen LogP contribution in [0.1, 0.15) is 11.1 Å². The Balaban J connectivity index is 1.63. The Bertz CT molecular complexity index is 808. The van der Waals surface area contributed by atoms with Gasteiger partial charge in [0.15, 0.2) is 5.17 Å². The second kappa shape index (κ2) is 7.59. The van der Waals surface area contributed by atoms with Gasteiger partial charge in [0, 0.05) is 10.6 Å². The molecule has 0 radical (unpaired) electrons. The predicted molar refractivity (Wildman–Crippen MR) is 96.1 cm³/mol. The number of benzene rings is 2. The van der Waals surface area contributed by atoms with Gasteiger partial charge >= 0.3 is 0 Å². The van der Waals surface area contributed by atoms with Crippen LogP contribution in [0.25, 0.3) is 0 Å². The fourth-order valence-electron chi connectivity index (χ4n) is 2.14. The predicted octanol–water partition coefficient (Wildman–Crippen LogP) is 3.64. The topological polar surface area (TPSA) is 53.8 Å².